The first-order chi connectivity index (χ1) is 12.0. The van der Waals surface area contributed by atoms with Crippen molar-refractivity contribution < 1.29 is 9.63 Å². The quantitative estimate of drug-likeness (QED) is 0.678. The third-order valence-electron chi connectivity index (χ3n) is 3.73. The highest BCUT2D eigenvalue weighted by atomic mass is 32.1. The summed E-state index contributed by atoms with van der Waals surface area (Å²) in [6.07, 6.45) is 0. The zero-order valence-electron chi connectivity index (χ0n) is 14.1. The van der Waals surface area contributed by atoms with Gasteiger partial charge in [0.2, 0.25) is 0 Å². The molecule has 0 aliphatic heterocycles. The number of anilines is 2. The predicted molar refractivity (Wildman–Crippen MR) is 103 cm³/mol. The molecule has 0 radical (unpaired) electrons. The van der Waals surface area contributed by atoms with Crippen molar-refractivity contribution in [3.63, 3.8) is 0 Å². The molecule has 1 aromatic heterocycles. The number of thiocarbonyl (C=S) groups is 1. The van der Waals surface area contributed by atoms with E-state index in [2.05, 4.69) is 10.5 Å². The Morgan fingerprint density at radius 3 is 2.60 bits per heavy atom. The summed E-state index contributed by atoms with van der Waals surface area (Å²) in [7, 11) is 0. The summed E-state index contributed by atoms with van der Waals surface area (Å²) in [6, 6.07) is 17.0. The van der Waals surface area contributed by atoms with E-state index in [-0.39, 0.29) is 5.75 Å². The van der Waals surface area contributed by atoms with Crippen LogP contribution < -0.4 is 10.2 Å². The van der Waals surface area contributed by atoms with Gasteiger partial charge in [-0.05, 0) is 44.3 Å². The fourth-order valence-corrected chi connectivity index (χ4v) is 2.74. The number of aromatic nitrogens is 1. The zero-order chi connectivity index (χ0) is 17.8. The molecule has 3 rings (SSSR count). The van der Waals surface area contributed by atoms with Crippen LogP contribution in [0.4, 0.5) is 11.5 Å². The third kappa shape index (κ3) is 4.16. The van der Waals surface area contributed by atoms with Crippen molar-refractivity contribution in [3.05, 3.63) is 71.5 Å². The Balaban J connectivity index is 1.90. The second kappa shape index (κ2) is 7.36. The normalized spacial score (nSPS) is 10.5. The molecule has 0 saturated heterocycles. The zero-order valence-corrected chi connectivity index (χ0v) is 14.9. The van der Waals surface area contributed by atoms with Gasteiger partial charge < -0.3 is 14.9 Å². The number of hydrogen-bond donors (Lipinski definition) is 2. The SMILES string of the molecule is Cc1ccc(O)c(CN(C(=S)Nc2ccccc2)c2cc(C)on2)c1. The number of aryl methyl sites for hydroxylation is 2. The van der Waals surface area contributed by atoms with Gasteiger partial charge in [0.1, 0.15) is 11.5 Å². The number of nitrogens with zero attached hydrogens (tertiary/aromatic N) is 2. The Labute approximate surface area is 151 Å². The van der Waals surface area contributed by atoms with Crippen LogP contribution in [0, 0.1) is 13.8 Å². The first-order valence-corrected chi connectivity index (χ1v) is 8.29. The van der Waals surface area contributed by atoms with Crippen LogP contribution in [-0.4, -0.2) is 15.4 Å². The smallest absolute Gasteiger partial charge is 0.179 e. The van der Waals surface area contributed by atoms with Gasteiger partial charge in [0.25, 0.3) is 0 Å². The van der Waals surface area contributed by atoms with Gasteiger partial charge in [0.05, 0.1) is 6.54 Å². The predicted octanol–water partition coefficient (Wildman–Crippen LogP) is 4.40. The van der Waals surface area contributed by atoms with Crippen molar-refractivity contribution in [2.45, 2.75) is 20.4 Å². The highest BCUT2D eigenvalue weighted by Gasteiger charge is 2.18. The number of benzene rings is 2. The van der Waals surface area contributed by atoms with Crippen molar-refractivity contribution in [3.8, 4) is 5.75 Å². The van der Waals surface area contributed by atoms with Crippen LogP contribution in [0.25, 0.3) is 0 Å². The third-order valence-corrected chi connectivity index (χ3v) is 4.05. The minimum absolute atomic E-state index is 0.221. The summed E-state index contributed by atoms with van der Waals surface area (Å²) in [5, 5.41) is 17.9. The maximum Gasteiger partial charge on any atom is 0.179 e. The Morgan fingerprint density at radius 2 is 1.92 bits per heavy atom. The number of para-hydroxylation sites is 1. The molecule has 5 nitrogen and oxygen atoms in total. The lowest BCUT2D eigenvalue weighted by Gasteiger charge is -2.24. The second-order valence-corrected chi connectivity index (χ2v) is 6.20. The number of hydrogen-bond acceptors (Lipinski definition) is 4. The van der Waals surface area contributed by atoms with Gasteiger partial charge in [-0.3, -0.25) is 4.90 Å². The van der Waals surface area contributed by atoms with E-state index in [1.54, 1.807) is 11.0 Å². The molecule has 2 N–H and O–H groups in total. The van der Waals surface area contributed by atoms with Gasteiger partial charge in [0.15, 0.2) is 10.9 Å². The molecule has 128 valence electrons. The van der Waals surface area contributed by atoms with Crippen LogP contribution in [0.5, 0.6) is 5.75 Å². The van der Waals surface area contributed by atoms with Crippen molar-refractivity contribution in [2.24, 2.45) is 0 Å². The van der Waals surface area contributed by atoms with E-state index in [1.165, 1.54) is 0 Å². The topological polar surface area (TPSA) is 61.5 Å². The van der Waals surface area contributed by atoms with Gasteiger partial charge in [-0.2, -0.15) is 0 Å². The molecular weight excluding hydrogens is 334 g/mol. The number of rotatable bonds is 4. The van der Waals surface area contributed by atoms with E-state index in [0.29, 0.717) is 23.2 Å². The minimum Gasteiger partial charge on any atom is -0.508 e. The van der Waals surface area contributed by atoms with Crippen LogP contribution in [-0.2, 0) is 6.54 Å². The van der Waals surface area contributed by atoms with Gasteiger partial charge >= 0.3 is 0 Å². The van der Waals surface area contributed by atoms with Gasteiger partial charge in [-0.15, -0.1) is 0 Å². The van der Waals surface area contributed by atoms with Crippen molar-refractivity contribution in [2.75, 3.05) is 10.2 Å². The average molecular weight is 353 g/mol. The Kier molecular flexibility index (Phi) is 5.00. The fourth-order valence-electron chi connectivity index (χ4n) is 2.46. The van der Waals surface area contributed by atoms with E-state index in [4.69, 9.17) is 16.7 Å². The summed E-state index contributed by atoms with van der Waals surface area (Å²) >= 11 is 5.58. The molecule has 1 heterocycles. The van der Waals surface area contributed by atoms with E-state index in [1.807, 2.05) is 62.4 Å². The number of aromatic hydroxyl groups is 1. The Bertz CT molecular complexity index is 877. The fraction of sp³-hybridized carbons (Fsp3) is 0.158. The second-order valence-electron chi connectivity index (χ2n) is 5.81. The lowest BCUT2D eigenvalue weighted by Crippen LogP contribution is -2.34. The summed E-state index contributed by atoms with van der Waals surface area (Å²) in [5.41, 5.74) is 2.70. The monoisotopic (exact) mass is 353 g/mol. The molecule has 0 fully saturated rings. The number of phenols is 1. The Morgan fingerprint density at radius 1 is 1.16 bits per heavy atom. The Hall–Kier alpha value is -2.86. The van der Waals surface area contributed by atoms with Crippen LogP contribution in [0.1, 0.15) is 16.9 Å². The van der Waals surface area contributed by atoms with Crippen LogP contribution in [0.2, 0.25) is 0 Å². The van der Waals surface area contributed by atoms with Crippen LogP contribution >= 0.6 is 12.2 Å². The molecule has 0 spiro atoms. The average Bonchev–Trinajstić information content (AvgIpc) is 3.02. The summed E-state index contributed by atoms with van der Waals surface area (Å²) in [5.74, 6) is 1.50. The lowest BCUT2D eigenvalue weighted by atomic mass is 10.1. The molecule has 0 bridgehead atoms. The maximum atomic E-state index is 10.2. The summed E-state index contributed by atoms with van der Waals surface area (Å²) in [4.78, 5) is 1.80. The molecular formula is C19H19N3O2S. The van der Waals surface area contributed by atoms with E-state index < -0.39 is 0 Å². The van der Waals surface area contributed by atoms with Crippen molar-refractivity contribution in [1.82, 2.24) is 5.16 Å². The van der Waals surface area contributed by atoms with Crippen LogP contribution in [0.3, 0.4) is 0 Å². The van der Waals surface area contributed by atoms with Gasteiger partial charge in [-0.25, -0.2) is 0 Å². The molecule has 6 heteroatoms. The molecule has 3 aromatic rings. The highest BCUT2D eigenvalue weighted by molar-refractivity contribution is 7.80. The molecule has 25 heavy (non-hydrogen) atoms. The van der Waals surface area contributed by atoms with Crippen molar-refractivity contribution in [1.29, 1.82) is 0 Å². The molecule has 2 aromatic carbocycles. The molecule has 0 aliphatic rings. The van der Waals surface area contributed by atoms with E-state index >= 15 is 0 Å². The lowest BCUT2D eigenvalue weighted by molar-refractivity contribution is 0.398. The molecule has 0 unspecified atom stereocenters. The van der Waals surface area contributed by atoms with Gasteiger partial charge in [0, 0.05) is 17.3 Å². The van der Waals surface area contributed by atoms with E-state index in [0.717, 1.165) is 16.8 Å². The molecule has 0 aliphatic carbocycles. The minimum atomic E-state index is 0.221. The first-order valence-electron chi connectivity index (χ1n) is 7.88. The standard InChI is InChI=1S/C19H19N3O2S/c1-13-8-9-17(23)15(10-13)12-22(18-11-14(2)24-21-18)19(25)20-16-6-4-3-5-7-16/h3-11,23H,12H2,1-2H3,(H,20,25). The first kappa shape index (κ1) is 17.0. The molecule has 0 saturated carbocycles. The largest absolute Gasteiger partial charge is 0.508 e. The molecule has 0 amide bonds. The highest BCUT2D eigenvalue weighted by Crippen LogP contribution is 2.24. The van der Waals surface area contributed by atoms with Crippen LogP contribution in [0.15, 0.2) is 59.1 Å². The number of phenolic OH excluding ortho intramolecular Hbond substituents is 1. The molecule has 0 atom stereocenters. The summed E-state index contributed by atoms with van der Waals surface area (Å²) in [6.45, 7) is 4.18. The van der Waals surface area contributed by atoms with E-state index in [9.17, 15) is 5.11 Å². The number of nitrogens with one attached hydrogen (secondary N) is 1. The van der Waals surface area contributed by atoms with Gasteiger partial charge in [-0.1, -0.05) is 41.1 Å². The van der Waals surface area contributed by atoms with Crippen molar-refractivity contribution >= 4 is 28.8 Å². The maximum absolute atomic E-state index is 10.2. The summed E-state index contributed by atoms with van der Waals surface area (Å²) < 4.78 is 5.20.